The van der Waals surface area contributed by atoms with Crippen molar-refractivity contribution in [1.82, 2.24) is 20.1 Å². The van der Waals surface area contributed by atoms with Gasteiger partial charge in [0.15, 0.2) is 5.69 Å². The first kappa shape index (κ1) is 18.1. The largest absolute Gasteiger partial charge is 0.350 e. The number of hydrogen-bond donors (Lipinski definition) is 1. The fraction of sp³-hybridized carbons (Fsp3) is 0.136. The number of hydrogen-bond acceptors (Lipinski definition) is 4. The van der Waals surface area contributed by atoms with Crippen molar-refractivity contribution in [2.24, 2.45) is 0 Å². The summed E-state index contributed by atoms with van der Waals surface area (Å²) in [5.41, 5.74) is 4.64. The van der Waals surface area contributed by atoms with Crippen LogP contribution in [-0.4, -0.2) is 27.2 Å². The van der Waals surface area contributed by atoms with E-state index in [1.54, 1.807) is 28.3 Å². The van der Waals surface area contributed by atoms with Gasteiger partial charge in [0.1, 0.15) is 0 Å². The van der Waals surface area contributed by atoms with Gasteiger partial charge in [0.05, 0.1) is 16.4 Å². The Morgan fingerprint density at radius 1 is 1.07 bits per heavy atom. The Balaban J connectivity index is 1.31. The lowest BCUT2D eigenvalue weighted by atomic mass is 10.1. The van der Waals surface area contributed by atoms with Gasteiger partial charge in [0, 0.05) is 23.7 Å². The maximum Gasteiger partial charge on any atom is 0.271 e. The summed E-state index contributed by atoms with van der Waals surface area (Å²) < 4.78 is 1.70. The van der Waals surface area contributed by atoms with Gasteiger partial charge >= 0.3 is 0 Å². The second-order valence-corrected chi connectivity index (χ2v) is 7.50. The highest BCUT2D eigenvalue weighted by atomic mass is 32.1. The molecule has 0 fully saturated rings. The molecule has 140 valence electrons. The van der Waals surface area contributed by atoms with Crippen molar-refractivity contribution in [3.8, 4) is 16.9 Å². The molecule has 0 saturated carbocycles. The lowest BCUT2D eigenvalue weighted by Gasteiger charge is -2.05. The van der Waals surface area contributed by atoms with Crippen molar-refractivity contribution < 1.29 is 4.79 Å². The third kappa shape index (κ3) is 4.18. The minimum atomic E-state index is -0.163. The van der Waals surface area contributed by atoms with E-state index in [2.05, 4.69) is 45.0 Å². The molecule has 0 aliphatic heterocycles. The molecule has 0 radical (unpaired) electrons. The van der Waals surface area contributed by atoms with Gasteiger partial charge in [-0.3, -0.25) is 4.79 Å². The Morgan fingerprint density at radius 2 is 1.86 bits per heavy atom. The summed E-state index contributed by atoms with van der Waals surface area (Å²) in [6, 6.07) is 19.8. The Bertz CT molecular complexity index is 1070. The quantitative estimate of drug-likeness (QED) is 0.536. The molecule has 6 heteroatoms. The third-order valence-electron chi connectivity index (χ3n) is 4.41. The van der Waals surface area contributed by atoms with Crippen LogP contribution in [0.3, 0.4) is 0 Å². The van der Waals surface area contributed by atoms with E-state index in [1.165, 1.54) is 5.56 Å². The summed E-state index contributed by atoms with van der Waals surface area (Å²) in [5, 5.41) is 10.4. The fourth-order valence-electron chi connectivity index (χ4n) is 2.92. The number of carbonyl (C=O) groups is 1. The van der Waals surface area contributed by atoms with E-state index in [0.717, 1.165) is 28.4 Å². The van der Waals surface area contributed by atoms with E-state index in [4.69, 9.17) is 0 Å². The molecule has 0 unspecified atom stereocenters. The highest BCUT2D eigenvalue weighted by Gasteiger charge is 2.10. The molecule has 2 heterocycles. The number of amides is 1. The first-order valence-electron chi connectivity index (χ1n) is 9.10. The summed E-state index contributed by atoms with van der Waals surface area (Å²) in [4.78, 5) is 16.8. The van der Waals surface area contributed by atoms with Crippen LogP contribution in [0.1, 0.15) is 21.1 Å². The van der Waals surface area contributed by atoms with Gasteiger partial charge in [-0.25, -0.2) is 9.67 Å². The molecule has 0 saturated heterocycles. The molecule has 28 heavy (non-hydrogen) atoms. The van der Waals surface area contributed by atoms with Crippen LogP contribution < -0.4 is 5.32 Å². The highest BCUT2D eigenvalue weighted by Crippen LogP contribution is 2.21. The second-order valence-electron chi connectivity index (χ2n) is 6.44. The fourth-order valence-corrected chi connectivity index (χ4v) is 3.54. The van der Waals surface area contributed by atoms with Crippen molar-refractivity contribution in [2.75, 3.05) is 6.54 Å². The zero-order valence-corrected chi connectivity index (χ0v) is 16.3. The molecule has 5 nitrogen and oxygen atoms in total. The molecule has 0 aliphatic rings. The lowest BCUT2D eigenvalue weighted by molar-refractivity contribution is 0.0948. The second kappa shape index (κ2) is 8.19. The molecule has 4 aromatic rings. The molecule has 0 atom stereocenters. The molecule has 0 bridgehead atoms. The summed E-state index contributed by atoms with van der Waals surface area (Å²) in [7, 11) is 0. The summed E-state index contributed by atoms with van der Waals surface area (Å²) in [6.45, 7) is 2.57. The van der Waals surface area contributed by atoms with E-state index in [0.29, 0.717) is 12.2 Å². The van der Waals surface area contributed by atoms with Gasteiger partial charge in [-0.1, -0.05) is 42.5 Å². The number of nitrogens with zero attached hydrogens (tertiary/aromatic N) is 3. The van der Waals surface area contributed by atoms with Gasteiger partial charge in [0.2, 0.25) is 0 Å². The van der Waals surface area contributed by atoms with Crippen molar-refractivity contribution >= 4 is 17.2 Å². The van der Waals surface area contributed by atoms with Crippen LogP contribution in [0.2, 0.25) is 0 Å². The third-order valence-corrected chi connectivity index (χ3v) is 5.18. The molecular formula is C22H20N4OS. The van der Waals surface area contributed by atoms with Crippen molar-refractivity contribution in [2.45, 2.75) is 13.3 Å². The minimum absolute atomic E-state index is 0.163. The Labute approximate surface area is 167 Å². The van der Waals surface area contributed by atoms with E-state index in [1.807, 2.05) is 37.3 Å². The number of nitrogens with one attached hydrogen (secondary N) is 1. The highest BCUT2D eigenvalue weighted by molar-refractivity contribution is 7.09. The SMILES string of the molecule is Cc1nc(-c2ccc(CCNC(=O)c3ccn(-c4ccccc4)n3)cc2)cs1. The van der Waals surface area contributed by atoms with Crippen LogP contribution in [0.4, 0.5) is 0 Å². The van der Waals surface area contributed by atoms with E-state index >= 15 is 0 Å². The van der Waals surface area contributed by atoms with Gasteiger partial charge in [0.25, 0.3) is 5.91 Å². The van der Waals surface area contributed by atoms with E-state index in [-0.39, 0.29) is 5.91 Å². The molecule has 4 rings (SSSR count). The lowest BCUT2D eigenvalue weighted by Crippen LogP contribution is -2.26. The van der Waals surface area contributed by atoms with Gasteiger partial charge in [-0.2, -0.15) is 5.10 Å². The number of benzene rings is 2. The zero-order chi connectivity index (χ0) is 19.3. The molecule has 2 aromatic heterocycles. The van der Waals surface area contributed by atoms with Crippen LogP contribution in [0.15, 0.2) is 72.2 Å². The maximum atomic E-state index is 12.3. The summed E-state index contributed by atoms with van der Waals surface area (Å²) >= 11 is 1.65. The topological polar surface area (TPSA) is 59.8 Å². The van der Waals surface area contributed by atoms with Crippen molar-refractivity contribution in [3.05, 3.63) is 88.5 Å². The Morgan fingerprint density at radius 3 is 2.57 bits per heavy atom. The molecule has 1 amide bonds. The van der Waals surface area contributed by atoms with E-state index < -0.39 is 0 Å². The maximum absolute atomic E-state index is 12.3. The average molecular weight is 388 g/mol. The molecule has 0 aliphatic carbocycles. The minimum Gasteiger partial charge on any atom is -0.350 e. The van der Waals surface area contributed by atoms with Crippen LogP contribution >= 0.6 is 11.3 Å². The average Bonchev–Trinajstić information content (AvgIpc) is 3.39. The normalized spacial score (nSPS) is 10.8. The number of aromatic nitrogens is 3. The smallest absolute Gasteiger partial charge is 0.271 e. The van der Waals surface area contributed by atoms with Crippen LogP contribution in [-0.2, 0) is 6.42 Å². The summed E-state index contributed by atoms with van der Waals surface area (Å²) in [5.74, 6) is -0.163. The standard InChI is InChI=1S/C22H20N4OS/c1-16-24-21(15-28-16)18-9-7-17(8-10-18)11-13-23-22(27)20-12-14-26(25-20)19-5-3-2-4-6-19/h2-10,12,14-15H,11,13H2,1H3,(H,23,27). The Kier molecular flexibility index (Phi) is 5.30. The first-order valence-corrected chi connectivity index (χ1v) is 9.98. The van der Waals surface area contributed by atoms with Crippen LogP contribution in [0.5, 0.6) is 0 Å². The zero-order valence-electron chi connectivity index (χ0n) is 15.5. The summed E-state index contributed by atoms with van der Waals surface area (Å²) in [6.07, 6.45) is 2.56. The number of rotatable bonds is 6. The van der Waals surface area contributed by atoms with Crippen molar-refractivity contribution in [1.29, 1.82) is 0 Å². The monoisotopic (exact) mass is 388 g/mol. The van der Waals surface area contributed by atoms with E-state index in [9.17, 15) is 4.79 Å². The number of para-hydroxylation sites is 1. The van der Waals surface area contributed by atoms with Gasteiger partial charge in [-0.05, 0) is 37.1 Å². The molecule has 1 N–H and O–H groups in total. The van der Waals surface area contributed by atoms with Crippen LogP contribution in [0, 0.1) is 6.92 Å². The number of thiazole rings is 1. The van der Waals surface area contributed by atoms with Crippen LogP contribution in [0.25, 0.3) is 16.9 Å². The Hall–Kier alpha value is -3.25. The number of aryl methyl sites for hydroxylation is 1. The molecule has 0 spiro atoms. The van der Waals surface area contributed by atoms with Crippen molar-refractivity contribution in [3.63, 3.8) is 0 Å². The number of carbonyl (C=O) groups excluding carboxylic acids is 1. The molecular weight excluding hydrogens is 368 g/mol. The van der Waals surface area contributed by atoms with Gasteiger partial charge in [-0.15, -0.1) is 11.3 Å². The molecule has 2 aromatic carbocycles. The van der Waals surface area contributed by atoms with Gasteiger partial charge < -0.3 is 5.32 Å². The predicted octanol–water partition coefficient (Wildman–Crippen LogP) is 4.28. The predicted molar refractivity (Wildman–Crippen MR) is 112 cm³/mol. The first-order chi connectivity index (χ1) is 13.7.